The minimum atomic E-state index is -1.60. The molecule has 0 radical (unpaired) electrons. The molecule has 2 heterocycles. The fourth-order valence-corrected chi connectivity index (χ4v) is 3.92. The number of hydrogen-bond acceptors (Lipinski definition) is 4. The topological polar surface area (TPSA) is 32.3 Å². The van der Waals surface area contributed by atoms with Crippen molar-refractivity contribution in [1.82, 2.24) is 4.90 Å². The summed E-state index contributed by atoms with van der Waals surface area (Å²) in [4.78, 5) is 16.4. The van der Waals surface area contributed by atoms with Crippen LogP contribution >= 0.6 is 22.7 Å². The first-order valence-electron chi connectivity index (χ1n) is 7.73. The van der Waals surface area contributed by atoms with Gasteiger partial charge >= 0.3 is 0 Å². The van der Waals surface area contributed by atoms with Crippen LogP contribution < -0.4 is 5.32 Å². The van der Waals surface area contributed by atoms with Crippen LogP contribution in [-0.4, -0.2) is 17.4 Å². The molecule has 3 nitrogen and oxygen atoms in total. The number of amides is 1. The lowest BCUT2D eigenvalue weighted by Crippen LogP contribution is -2.32. The van der Waals surface area contributed by atoms with E-state index < -0.39 is 23.4 Å². The molecule has 1 amide bonds. The number of anilines is 1. The zero-order valence-corrected chi connectivity index (χ0v) is 15.2. The Morgan fingerprint density at radius 2 is 1.54 bits per heavy atom. The molecule has 0 spiro atoms. The zero-order chi connectivity index (χ0) is 18.5. The van der Waals surface area contributed by atoms with E-state index in [-0.39, 0.29) is 12.2 Å². The van der Waals surface area contributed by atoms with Crippen LogP contribution in [-0.2, 0) is 17.9 Å². The number of benzene rings is 1. The molecule has 0 aliphatic heterocycles. The fourth-order valence-electron chi connectivity index (χ4n) is 2.43. The lowest BCUT2D eigenvalue weighted by atomic mass is 10.2. The van der Waals surface area contributed by atoms with E-state index in [9.17, 15) is 18.0 Å². The first-order chi connectivity index (χ1) is 12.5. The van der Waals surface area contributed by atoms with Gasteiger partial charge in [-0.25, -0.2) is 13.2 Å². The third-order valence-corrected chi connectivity index (χ3v) is 5.32. The maximum atomic E-state index is 13.7. The summed E-state index contributed by atoms with van der Waals surface area (Å²) in [5.74, 6) is -4.79. The molecule has 0 aliphatic rings. The van der Waals surface area contributed by atoms with Crippen molar-refractivity contribution in [3.63, 3.8) is 0 Å². The van der Waals surface area contributed by atoms with Crippen molar-refractivity contribution in [1.29, 1.82) is 0 Å². The van der Waals surface area contributed by atoms with Crippen molar-refractivity contribution in [2.75, 3.05) is 11.9 Å². The van der Waals surface area contributed by atoms with Crippen LogP contribution in [0, 0.1) is 17.5 Å². The molecule has 8 heteroatoms. The van der Waals surface area contributed by atoms with Gasteiger partial charge in [0.1, 0.15) is 0 Å². The van der Waals surface area contributed by atoms with Gasteiger partial charge in [0.2, 0.25) is 5.91 Å². The molecule has 1 N–H and O–H groups in total. The highest BCUT2D eigenvalue weighted by molar-refractivity contribution is 7.10. The van der Waals surface area contributed by atoms with Crippen LogP contribution in [0.1, 0.15) is 9.75 Å². The van der Waals surface area contributed by atoms with Gasteiger partial charge in [0.25, 0.3) is 0 Å². The molecule has 0 atom stereocenters. The normalized spacial score (nSPS) is 11.1. The van der Waals surface area contributed by atoms with Gasteiger partial charge in [-0.3, -0.25) is 9.69 Å². The summed E-state index contributed by atoms with van der Waals surface area (Å²) in [5.41, 5.74) is -0.374. The fraction of sp³-hybridized carbons (Fsp3) is 0.167. The Kier molecular flexibility index (Phi) is 6.08. The molecule has 0 aliphatic carbocycles. The molecule has 0 saturated carbocycles. The van der Waals surface area contributed by atoms with E-state index in [0.717, 1.165) is 21.9 Å². The lowest BCUT2D eigenvalue weighted by Gasteiger charge is -2.20. The van der Waals surface area contributed by atoms with Crippen LogP contribution in [0.4, 0.5) is 18.9 Å². The number of nitrogens with one attached hydrogen (secondary N) is 1. The monoisotopic (exact) mass is 396 g/mol. The molecule has 136 valence electrons. The highest BCUT2D eigenvalue weighted by Crippen LogP contribution is 2.20. The number of carbonyl (C=O) groups is 1. The van der Waals surface area contributed by atoms with Crippen molar-refractivity contribution in [2.24, 2.45) is 0 Å². The number of thiophene rings is 2. The van der Waals surface area contributed by atoms with Crippen LogP contribution in [0.5, 0.6) is 0 Å². The minimum Gasteiger partial charge on any atom is -0.322 e. The summed E-state index contributed by atoms with van der Waals surface area (Å²) in [5, 5.41) is 6.22. The first kappa shape index (κ1) is 18.6. The maximum absolute atomic E-state index is 13.7. The molecule has 0 fully saturated rings. The second-order valence-electron chi connectivity index (χ2n) is 5.57. The summed E-state index contributed by atoms with van der Waals surface area (Å²) in [6.07, 6.45) is 0. The maximum Gasteiger partial charge on any atom is 0.238 e. The SMILES string of the molecule is O=C(CN(Cc1cccs1)Cc1cccs1)Nc1ccc(F)c(F)c1F. The molecule has 3 rings (SSSR count). The van der Waals surface area contributed by atoms with E-state index in [2.05, 4.69) is 5.32 Å². The number of halogens is 3. The molecule has 2 aromatic heterocycles. The third-order valence-electron chi connectivity index (χ3n) is 3.60. The van der Waals surface area contributed by atoms with Crippen LogP contribution in [0.15, 0.2) is 47.2 Å². The number of hydrogen-bond donors (Lipinski definition) is 1. The Morgan fingerprint density at radius 1 is 0.923 bits per heavy atom. The van der Waals surface area contributed by atoms with E-state index in [1.807, 2.05) is 39.9 Å². The van der Waals surface area contributed by atoms with Crippen molar-refractivity contribution in [3.8, 4) is 0 Å². The standard InChI is InChI=1S/C18H15F3N2OS2/c19-14-5-6-15(18(21)17(14)20)22-16(24)11-23(9-12-3-1-7-25-12)10-13-4-2-8-26-13/h1-8H,9-11H2,(H,22,24). The second-order valence-corrected chi connectivity index (χ2v) is 7.64. The molecule has 0 unspecified atom stereocenters. The van der Waals surface area contributed by atoms with E-state index in [4.69, 9.17) is 0 Å². The minimum absolute atomic E-state index is 0.00572. The Morgan fingerprint density at radius 3 is 2.08 bits per heavy atom. The zero-order valence-electron chi connectivity index (χ0n) is 13.5. The van der Waals surface area contributed by atoms with E-state index in [0.29, 0.717) is 13.1 Å². The second kappa shape index (κ2) is 8.48. The largest absolute Gasteiger partial charge is 0.322 e. The van der Waals surface area contributed by atoms with Crippen molar-refractivity contribution in [3.05, 3.63) is 74.4 Å². The van der Waals surface area contributed by atoms with Gasteiger partial charge in [0.05, 0.1) is 12.2 Å². The van der Waals surface area contributed by atoms with Gasteiger partial charge in [0.15, 0.2) is 17.5 Å². The predicted molar refractivity (Wildman–Crippen MR) is 97.7 cm³/mol. The predicted octanol–water partition coefficient (Wildman–Crippen LogP) is 4.87. The van der Waals surface area contributed by atoms with E-state index >= 15 is 0 Å². The molecular formula is C18H15F3N2OS2. The van der Waals surface area contributed by atoms with Crippen molar-refractivity contribution < 1.29 is 18.0 Å². The van der Waals surface area contributed by atoms with Crippen molar-refractivity contribution in [2.45, 2.75) is 13.1 Å². The third kappa shape index (κ3) is 4.72. The highest BCUT2D eigenvalue weighted by atomic mass is 32.1. The molecule has 3 aromatic rings. The Bertz CT molecular complexity index is 831. The summed E-state index contributed by atoms with van der Waals surface area (Å²) in [6, 6.07) is 9.59. The van der Waals surface area contributed by atoms with Crippen LogP contribution in [0.2, 0.25) is 0 Å². The molecular weight excluding hydrogens is 381 g/mol. The molecule has 26 heavy (non-hydrogen) atoms. The van der Waals surface area contributed by atoms with Crippen LogP contribution in [0.25, 0.3) is 0 Å². The molecule has 0 saturated heterocycles. The summed E-state index contributed by atoms with van der Waals surface area (Å²) < 4.78 is 40.0. The van der Waals surface area contributed by atoms with E-state index in [1.54, 1.807) is 22.7 Å². The quantitative estimate of drug-likeness (QED) is 0.578. The average molecular weight is 396 g/mol. The van der Waals surface area contributed by atoms with Gasteiger partial charge in [-0.15, -0.1) is 22.7 Å². The smallest absolute Gasteiger partial charge is 0.238 e. The lowest BCUT2D eigenvalue weighted by molar-refractivity contribution is -0.117. The Hall–Kier alpha value is -2.16. The summed E-state index contributed by atoms with van der Waals surface area (Å²) in [7, 11) is 0. The summed E-state index contributed by atoms with van der Waals surface area (Å²) in [6.45, 7) is 1.11. The number of carbonyl (C=O) groups excluding carboxylic acids is 1. The van der Waals surface area contributed by atoms with Gasteiger partial charge in [-0.05, 0) is 35.0 Å². The summed E-state index contributed by atoms with van der Waals surface area (Å²) >= 11 is 3.16. The average Bonchev–Trinajstić information content (AvgIpc) is 3.29. The number of nitrogens with zero attached hydrogens (tertiary/aromatic N) is 1. The van der Waals surface area contributed by atoms with Gasteiger partial charge < -0.3 is 5.32 Å². The molecule has 1 aromatic carbocycles. The van der Waals surface area contributed by atoms with Crippen LogP contribution in [0.3, 0.4) is 0 Å². The van der Waals surface area contributed by atoms with Crippen molar-refractivity contribution >= 4 is 34.3 Å². The first-order valence-corrected chi connectivity index (χ1v) is 9.49. The van der Waals surface area contributed by atoms with Gasteiger partial charge in [0, 0.05) is 22.8 Å². The van der Waals surface area contributed by atoms with Gasteiger partial charge in [-0.2, -0.15) is 0 Å². The number of rotatable bonds is 7. The highest BCUT2D eigenvalue weighted by Gasteiger charge is 2.18. The van der Waals surface area contributed by atoms with E-state index in [1.165, 1.54) is 0 Å². The Balaban J connectivity index is 1.69. The Labute approximate surface area is 156 Å². The molecule has 0 bridgehead atoms. The van der Waals surface area contributed by atoms with Gasteiger partial charge in [-0.1, -0.05) is 12.1 Å².